The molecule has 0 aromatic carbocycles. The van der Waals surface area contributed by atoms with E-state index >= 15 is 0 Å². The van der Waals surface area contributed by atoms with Crippen molar-refractivity contribution in [2.45, 2.75) is 304 Å². The maximum absolute atomic E-state index is 12.8. The van der Waals surface area contributed by atoms with Gasteiger partial charge in [0.1, 0.15) is 13.2 Å². The molecule has 0 heterocycles. The second-order valence-electron chi connectivity index (χ2n) is 19.0. The third kappa shape index (κ3) is 44.5. The van der Waals surface area contributed by atoms with Crippen LogP contribution in [0.5, 0.6) is 0 Å². The molecular formula is C54H104O6. The van der Waals surface area contributed by atoms with Gasteiger partial charge >= 0.3 is 17.9 Å². The lowest BCUT2D eigenvalue weighted by Crippen LogP contribution is -2.30. The lowest BCUT2D eigenvalue weighted by molar-refractivity contribution is -0.167. The fraction of sp³-hybridized carbons (Fsp3) is 0.944. The van der Waals surface area contributed by atoms with E-state index in [9.17, 15) is 14.4 Å². The van der Waals surface area contributed by atoms with Crippen molar-refractivity contribution in [3.8, 4) is 0 Å². The number of hydrogen-bond donors (Lipinski definition) is 0. The maximum atomic E-state index is 12.8. The third-order valence-corrected chi connectivity index (χ3v) is 12.9. The highest BCUT2D eigenvalue weighted by Gasteiger charge is 2.19. The molecule has 0 aliphatic rings. The molecule has 0 aliphatic heterocycles. The number of unbranched alkanes of at least 4 members (excludes halogenated alkanes) is 31. The number of rotatable bonds is 48. The van der Waals surface area contributed by atoms with Crippen molar-refractivity contribution >= 4 is 17.9 Å². The Morgan fingerprint density at radius 2 is 0.583 bits per heavy atom. The van der Waals surface area contributed by atoms with Crippen LogP contribution in [0.2, 0.25) is 0 Å². The Morgan fingerprint density at radius 1 is 0.333 bits per heavy atom. The Hall–Kier alpha value is -1.59. The van der Waals surface area contributed by atoms with Gasteiger partial charge in [0.25, 0.3) is 0 Å². The summed E-state index contributed by atoms with van der Waals surface area (Å²) in [6.07, 6.45) is 47.9. The summed E-state index contributed by atoms with van der Waals surface area (Å²) in [5.41, 5.74) is 0. The number of carbonyl (C=O) groups excluding carboxylic acids is 3. The van der Waals surface area contributed by atoms with E-state index in [0.29, 0.717) is 19.3 Å². The van der Waals surface area contributed by atoms with Crippen LogP contribution in [0.3, 0.4) is 0 Å². The second kappa shape index (κ2) is 46.9. The highest BCUT2D eigenvalue weighted by molar-refractivity contribution is 5.71. The Labute approximate surface area is 374 Å². The quantitative estimate of drug-likeness (QED) is 0.0345. The normalized spacial score (nSPS) is 12.9. The van der Waals surface area contributed by atoms with Gasteiger partial charge in [-0.1, -0.05) is 259 Å². The van der Waals surface area contributed by atoms with Crippen molar-refractivity contribution in [1.29, 1.82) is 0 Å². The zero-order valence-electron chi connectivity index (χ0n) is 41.1. The molecule has 0 amide bonds. The fourth-order valence-corrected chi connectivity index (χ4v) is 8.10. The summed E-state index contributed by atoms with van der Waals surface area (Å²) in [6.45, 7) is 11.4. The molecule has 0 aromatic rings. The van der Waals surface area contributed by atoms with E-state index in [1.54, 1.807) is 0 Å². The lowest BCUT2D eigenvalue weighted by Gasteiger charge is -2.18. The Balaban J connectivity index is 4.32. The van der Waals surface area contributed by atoms with Gasteiger partial charge in [0.15, 0.2) is 6.10 Å². The standard InChI is InChI=1S/C54H104O6/c1-6-9-10-11-12-13-14-15-16-17-18-19-23-29-34-39-44-52(55)58-47-51(48-59-53(56)45-40-35-30-26-25-28-33-38-43-50(5)8-3)60-54(57)46-41-36-31-24-21-20-22-27-32-37-42-49(4)7-2/h49-51H,6-48H2,1-5H3/t49?,50?,51-/m1/s1. The largest absolute Gasteiger partial charge is 0.462 e. The van der Waals surface area contributed by atoms with Crippen molar-refractivity contribution in [3.05, 3.63) is 0 Å². The van der Waals surface area contributed by atoms with Gasteiger partial charge in [-0.25, -0.2) is 0 Å². The van der Waals surface area contributed by atoms with Gasteiger partial charge in [0.2, 0.25) is 0 Å². The summed E-state index contributed by atoms with van der Waals surface area (Å²) >= 11 is 0. The topological polar surface area (TPSA) is 78.9 Å². The van der Waals surface area contributed by atoms with Crippen molar-refractivity contribution in [3.63, 3.8) is 0 Å². The van der Waals surface area contributed by atoms with Crippen LogP contribution in [-0.4, -0.2) is 37.2 Å². The van der Waals surface area contributed by atoms with Crippen LogP contribution < -0.4 is 0 Å². The van der Waals surface area contributed by atoms with Crippen LogP contribution in [0.1, 0.15) is 298 Å². The molecule has 0 aliphatic carbocycles. The first-order valence-electron chi connectivity index (χ1n) is 26.8. The summed E-state index contributed by atoms with van der Waals surface area (Å²) in [4.78, 5) is 38.0. The number of carbonyl (C=O) groups is 3. The van der Waals surface area contributed by atoms with E-state index < -0.39 is 6.10 Å². The first kappa shape index (κ1) is 58.4. The fourth-order valence-electron chi connectivity index (χ4n) is 8.10. The van der Waals surface area contributed by atoms with E-state index in [2.05, 4.69) is 34.6 Å². The first-order valence-corrected chi connectivity index (χ1v) is 26.8. The predicted octanol–water partition coefficient (Wildman–Crippen LogP) is 17.3. The molecule has 0 saturated carbocycles. The Morgan fingerprint density at radius 3 is 0.867 bits per heavy atom. The zero-order chi connectivity index (χ0) is 44.0. The molecule has 0 N–H and O–H groups in total. The average molecular weight is 849 g/mol. The molecule has 0 saturated heterocycles. The molecule has 0 radical (unpaired) electrons. The van der Waals surface area contributed by atoms with Crippen LogP contribution in [0.25, 0.3) is 0 Å². The summed E-state index contributed by atoms with van der Waals surface area (Å²) < 4.78 is 16.8. The number of hydrogen-bond acceptors (Lipinski definition) is 6. The summed E-state index contributed by atoms with van der Waals surface area (Å²) in [6, 6.07) is 0. The van der Waals surface area contributed by atoms with E-state index in [4.69, 9.17) is 14.2 Å². The average Bonchev–Trinajstić information content (AvgIpc) is 3.25. The van der Waals surface area contributed by atoms with E-state index in [1.807, 2.05) is 0 Å². The minimum atomic E-state index is -0.762. The Kier molecular flexibility index (Phi) is 45.7. The van der Waals surface area contributed by atoms with Gasteiger partial charge in [0, 0.05) is 19.3 Å². The molecule has 0 spiro atoms. The van der Waals surface area contributed by atoms with Gasteiger partial charge in [-0.05, 0) is 31.1 Å². The van der Waals surface area contributed by atoms with Gasteiger partial charge in [-0.2, -0.15) is 0 Å². The molecule has 6 nitrogen and oxygen atoms in total. The first-order chi connectivity index (χ1) is 29.3. The smallest absolute Gasteiger partial charge is 0.306 e. The van der Waals surface area contributed by atoms with Crippen molar-refractivity contribution in [2.75, 3.05) is 13.2 Å². The van der Waals surface area contributed by atoms with Crippen molar-refractivity contribution in [2.24, 2.45) is 11.8 Å². The minimum absolute atomic E-state index is 0.0638. The van der Waals surface area contributed by atoms with Crippen LogP contribution in [-0.2, 0) is 28.6 Å². The van der Waals surface area contributed by atoms with Gasteiger partial charge in [-0.15, -0.1) is 0 Å². The van der Waals surface area contributed by atoms with E-state index in [0.717, 1.165) is 69.6 Å². The highest BCUT2D eigenvalue weighted by atomic mass is 16.6. The van der Waals surface area contributed by atoms with Gasteiger partial charge in [0.05, 0.1) is 0 Å². The zero-order valence-corrected chi connectivity index (χ0v) is 41.1. The molecule has 356 valence electrons. The van der Waals surface area contributed by atoms with E-state index in [-0.39, 0.29) is 31.1 Å². The molecular weight excluding hydrogens is 745 g/mol. The molecule has 0 bridgehead atoms. The van der Waals surface area contributed by atoms with Crippen molar-refractivity contribution < 1.29 is 28.6 Å². The van der Waals surface area contributed by atoms with Crippen molar-refractivity contribution in [1.82, 2.24) is 0 Å². The molecule has 0 aromatic heterocycles. The maximum Gasteiger partial charge on any atom is 0.306 e. The van der Waals surface area contributed by atoms with Crippen LogP contribution in [0.4, 0.5) is 0 Å². The van der Waals surface area contributed by atoms with Gasteiger partial charge in [-0.3, -0.25) is 14.4 Å². The highest BCUT2D eigenvalue weighted by Crippen LogP contribution is 2.18. The monoisotopic (exact) mass is 849 g/mol. The number of esters is 3. The van der Waals surface area contributed by atoms with Crippen LogP contribution in [0, 0.1) is 11.8 Å². The number of ether oxygens (including phenoxy) is 3. The molecule has 6 heteroatoms. The third-order valence-electron chi connectivity index (χ3n) is 12.9. The molecule has 2 unspecified atom stereocenters. The van der Waals surface area contributed by atoms with Crippen LogP contribution in [0.15, 0.2) is 0 Å². The molecule has 0 fully saturated rings. The Bertz CT molecular complexity index is 920. The summed E-state index contributed by atoms with van der Waals surface area (Å²) in [5.74, 6) is 0.868. The predicted molar refractivity (Wildman–Crippen MR) is 256 cm³/mol. The summed E-state index contributed by atoms with van der Waals surface area (Å²) in [7, 11) is 0. The van der Waals surface area contributed by atoms with E-state index in [1.165, 1.54) is 186 Å². The minimum Gasteiger partial charge on any atom is -0.462 e. The van der Waals surface area contributed by atoms with Gasteiger partial charge < -0.3 is 14.2 Å². The summed E-state index contributed by atoms with van der Waals surface area (Å²) in [5, 5.41) is 0. The SMILES string of the molecule is CCCCCCCCCCCCCCCCCCC(=O)OC[C@H](COC(=O)CCCCCCCCCCC(C)CC)OC(=O)CCCCCCCCCCCCC(C)CC. The second-order valence-corrected chi connectivity index (χ2v) is 19.0. The van der Waals surface area contributed by atoms with Crippen LogP contribution >= 0.6 is 0 Å². The lowest BCUT2D eigenvalue weighted by atomic mass is 9.99. The molecule has 3 atom stereocenters. The molecule has 60 heavy (non-hydrogen) atoms. The molecule has 0 rings (SSSR count).